The number of nitrogens with two attached hydrogens (primary N) is 1. The molecule has 2 aromatic heterocycles. The van der Waals surface area contributed by atoms with Crippen LogP contribution in [0, 0.1) is 0 Å². The summed E-state index contributed by atoms with van der Waals surface area (Å²) in [5.74, 6) is 1.94. The van der Waals surface area contributed by atoms with E-state index in [-0.39, 0.29) is 0 Å². The number of rotatable bonds is 2. The first-order valence-corrected chi connectivity index (χ1v) is 6.84. The Morgan fingerprint density at radius 2 is 2.41 bits per heavy atom. The lowest BCUT2D eigenvalue weighted by molar-refractivity contribution is 0.895. The fourth-order valence-corrected chi connectivity index (χ4v) is 3.34. The van der Waals surface area contributed by atoms with Gasteiger partial charge in [-0.15, -0.1) is 11.8 Å². The molecule has 0 aliphatic carbocycles. The predicted molar refractivity (Wildman–Crippen MR) is 74.8 cm³/mol. The Kier molecular flexibility index (Phi) is 2.64. The fraction of sp³-hybridized carbons (Fsp3) is 0.167. The van der Waals surface area contributed by atoms with Crippen LogP contribution in [0.1, 0.15) is 11.3 Å². The van der Waals surface area contributed by atoms with Crippen molar-refractivity contribution in [2.24, 2.45) is 5.73 Å². The average Bonchev–Trinajstić information content (AvgIpc) is 2.90. The van der Waals surface area contributed by atoms with Gasteiger partial charge in [-0.1, -0.05) is 12.2 Å². The van der Waals surface area contributed by atoms with E-state index in [2.05, 4.69) is 21.7 Å². The minimum atomic E-state index is 0.478. The van der Waals surface area contributed by atoms with Crippen LogP contribution in [0.4, 0.5) is 0 Å². The summed E-state index contributed by atoms with van der Waals surface area (Å²) in [4.78, 5) is 4.63. The molecule has 3 nitrogen and oxygen atoms in total. The van der Waals surface area contributed by atoms with E-state index in [4.69, 9.17) is 18.0 Å². The zero-order valence-electron chi connectivity index (χ0n) is 9.09. The third-order valence-electron chi connectivity index (χ3n) is 2.89. The van der Waals surface area contributed by atoms with E-state index >= 15 is 0 Å². The molecular formula is C12H11N3S2. The minimum absolute atomic E-state index is 0.478. The van der Waals surface area contributed by atoms with Crippen LogP contribution < -0.4 is 5.73 Å². The Hall–Kier alpha value is -1.33. The first-order chi connectivity index (χ1) is 8.27. The van der Waals surface area contributed by atoms with Gasteiger partial charge in [0.2, 0.25) is 0 Å². The molecule has 17 heavy (non-hydrogen) atoms. The van der Waals surface area contributed by atoms with Gasteiger partial charge in [-0.25, -0.2) is 0 Å². The summed E-state index contributed by atoms with van der Waals surface area (Å²) in [5.41, 5.74) is 10.3. The lowest BCUT2D eigenvalue weighted by Gasteiger charge is -2.04. The Morgan fingerprint density at radius 3 is 3.12 bits per heavy atom. The number of thioether (sulfide) groups is 1. The number of hydrogen-bond donors (Lipinski definition) is 1. The molecule has 0 unspecified atom stereocenters. The number of thiocarbonyl (C=S) groups is 1. The molecule has 3 rings (SSSR count). The highest BCUT2D eigenvalue weighted by Crippen LogP contribution is 2.34. The summed E-state index contributed by atoms with van der Waals surface area (Å²) in [6, 6.07) is 6.08. The molecule has 5 heteroatoms. The molecule has 3 heterocycles. The summed E-state index contributed by atoms with van der Waals surface area (Å²) in [6.07, 6.45) is 3.65. The molecule has 0 fully saturated rings. The molecular weight excluding hydrogens is 250 g/mol. The standard InChI is InChI=1S/C12H11N3S2/c13-12(16)9-4-10(8-2-1-3-14-5-8)15-7-17-6-11(9)15/h1-5H,6-7H2,(H2,13,16). The number of pyridine rings is 1. The fourth-order valence-electron chi connectivity index (χ4n) is 2.09. The second-order valence-corrected chi connectivity index (χ2v) is 5.30. The molecule has 0 spiro atoms. The Bertz CT molecular complexity index is 575. The van der Waals surface area contributed by atoms with E-state index in [9.17, 15) is 0 Å². The number of fused-ring (bicyclic) bond motifs is 1. The molecule has 2 N–H and O–H groups in total. The normalized spacial score (nSPS) is 13.6. The van der Waals surface area contributed by atoms with Crippen LogP contribution >= 0.6 is 24.0 Å². The largest absolute Gasteiger partial charge is 0.389 e. The molecule has 1 aliphatic rings. The van der Waals surface area contributed by atoms with Gasteiger partial charge in [0.05, 0.1) is 11.6 Å². The zero-order valence-corrected chi connectivity index (χ0v) is 10.7. The van der Waals surface area contributed by atoms with Crippen molar-refractivity contribution in [3.8, 4) is 11.3 Å². The summed E-state index contributed by atoms with van der Waals surface area (Å²) >= 11 is 6.98. The van der Waals surface area contributed by atoms with Crippen LogP contribution in [-0.4, -0.2) is 14.5 Å². The maximum atomic E-state index is 5.77. The van der Waals surface area contributed by atoms with Gasteiger partial charge in [0.25, 0.3) is 0 Å². The zero-order chi connectivity index (χ0) is 11.8. The van der Waals surface area contributed by atoms with Crippen molar-refractivity contribution in [3.05, 3.63) is 41.9 Å². The van der Waals surface area contributed by atoms with Gasteiger partial charge in [0.15, 0.2) is 0 Å². The molecule has 1 aliphatic heterocycles. The number of aromatic nitrogens is 2. The molecule has 86 valence electrons. The molecule has 0 saturated carbocycles. The average molecular weight is 261 g/mol. The predicted octanol–water partition coefficient (Wildman–Crippen LogP) is 2.39. The Morgan fingerprint density at radius 1 is 1.53 bits per heavy atom. The SMILES string of the molecule is NC(=S)c1cc(-c2cccnc2)n2c1CSC2. The lowest BCUT2D eigenvalue weighted by Crippen LogP contribution is -2.10. The van der Waals surface area contributed by atoms with Crippen LogP contribution in [0.15, 0.2) is 30.6 Å². The van der Waals surface area contributed by atoms with E-state index in [0.29, 0.717) is 4.99 Å². The van der Waals surface area contributed by atoms with E-state index in [0.717, 1.165) is 28.5 Å². The molecule has 2 aromatic rings. The van der Waals surface area contributed by atoms with Crippen molar-refractivity contribution in [1.82, 2.24) is 9.55 Å². The van der Waals surface area contributed by atoms with Gasteiger partial charge in [0, 0.05) is 35.0 Å². The van der Waals surface area contributed by atoms with Crippen molar-refractivity contribution in [2.75, 3.05) is 0 Å². The van der Waals surface area contributed by atoms with Crippen LogP contribution in [0.5, 0.6) is 0 Å². The summed E-state index contributed by atoms with van der Waals surface area (Å²) in [6.45, 7) is 0. The third kappa shape index (κ3) is 1.75. The highest BCUT2D eigenvalue weighted by molar-refractivity contribution is 7.97. The number of nitrogens with zero attached hydrogens (tertiary/aromatic N) is 2. The smallest absolute Gasteiger partial charge is 0.105 e. The highest BCUT2D eigenvalue weighted by atomic mass is 32.2. The van der Waals surface area contributed by atoms with E-state index in [1.54, 1.807) is 6.20 Å². The minimum Gasteiger partial charge on any atom is -0.389 e. The van der Waals surface area contributed by atoms with Crippen molar-refractivity contribution in [2.45, 2.75) is 11.6 Å². The van der Waals surface area contributed by atoms with E-state index in [1.807, 2.05) is 24.0 Å². The van der Waals surface area contributed by atoms with Gasteiger partial charge in [-0.05, 0) is 18.2 Å². The molecule has 0 aromatic carbocycles. The van der Waals surface area contributed by atoms with Crippen LogP contribution in [0.25, 0.3) is 11.3 Å². The van der Waals surface area contributed by atoms with Crippen molar-refractivity contribution in [1.29, 1.82) is 0 Å². The van der Waals surface area contributed by atoms with Crippen molar-refractivity contribution < 1.29 is 0 Å². The second-order valence-electron chi connectivity index (χ2n) is 3.90. The lowest BCUT2D eigenvalue weighted by atomic mass is 10.2. The quantitative estimate of drug-likeness (QED) is 0.843. The summed E-state index contributed by atoms with van der Waals surface area (Å²) in [7, 11) is 0. The highest BCUT2D eigenvalue weighted by Gasteiger charge is 2.21. The van der Waals surface area contributed by atoms with Crippen LogP contribution in [0.3, 0.4) is 0 Å². The molecule has 0 amide bonds. The second kappa shape index (κ2) is 4.16. The topological polar surface area (TPSA) is 43.8 Å². The first-order valence-electron chi connectivity index (χ1n) is 5.27. The molecule has 0 radical (unpaired) electrons. The van der Waals surface area contributed by atoms with Gasteiger partial charge < -0.3 is 10.3 Å². The third-order valence-corrected chi connectivity index (χ3v) is 4.03. The van der Waals surface area contributed by atoms with Crippen LogP contribution in [-0.2, 0) is 11.6 Å². The van der Waals surface area contributed by atoms with E-state index < -0.39 is 0 Å². The molecule has 0 saturated heterocycles. The van der Waals surface area contributed by atoms with Crippen molar-refractivity contribution in [3.63, 3.8) is 0 Å². The Labute approximate surface area is 109 Å². The van der Waals surface area contributed by atoms with Crippen LogP contribution in [0.2, 0.25) is 0 Å². The van der Waals surface area contributed by atoms with Crippen molar-refractivity contribution >= 4 is 29.0 Å². The van der Waals surface area contributed by atoms with Gasteiger partial charge in [-0.3, -0.25) is 4.98 Å². The monoisotopic (exact) mass is 261 g/mol. The summed E-state index contributed by atoms with van der Waals surface area (Å²) < 4.78 is 2.27. The maximum absolute atomic E-state index is 5.77. The molecule has 0 bridgehead atoms. The van der Waals surface area contributed by atoms with Gasteiger partial charge >= 0.3 is 0 Å². The Balaban J connectivity index is 2.19. The van der Waals surface area contributed by atoms with Gasteiger partial charge in [-0.2, -0.15) is 0 Å². The maximum Gasteiger partial charge on any atom is 0.105 e. The molecule has 0 atom stereocenters. The van der Waals surface area contributed by atoms with Gasteiger partial charge in [0.1, 0.15) is 4.99 Å². The number of hydrogen-bond acceptors (Lipinski definition) is 3. The van der Waals surface area contributed by atoms with E-state index in [1.165, 1.54) is 5.69 Å². The first kappa shape index (κ1) is 10.8. The summed E-state index contributed by atoms with van der Waals surface area (Å²) in [5, 5.41) is 0.